The number of nitrogens with zero attached hydrogens (tertiary/aromatic N) is 1. The van der Waals surface area contributed by atoms with Gasteiger partial charge in [-0.05, 0) is 15.9 Å². The van der Waals surface area contributed by atoms with Crippen molar-refractivity contribution < 1.29 is 4.79 Å². The average molecular weight is 148 g/mol. The van der Waals surface area contributed by atoms with Crippen molar-refractivity contribution in [3.05, 3.63) is 0 Å². The lowest BCUT2D eigenvalue weighted by molar-refractivity contribution is -0.109. The molecule has 32 valence electrons. The molecule has 0 fully saturated rings. The first kappa shape index (κ1) is 5.64. The Balaban J connectivity index is 3.13. The van der Waals surface area contributed by atoms with Gasteiger partial charge in [0.1, 0.15) is 6.42 Å². The zero-order valence-corrected chi connectivity index (χ0v) is 4.53. The minimum atomic E-state index is -0.259. The lowest BCUT2D eigenvalue weighted by atomic mass is 10.5. The molecule has 6 heavy (non-hydrogen) atoms. The van der Waals surface area contributed by atoms with Crippen molar-refractivity contribution >= 4 is 20.6 Å². The summed E-state index contributed by atoms with van der Waals surface area (Å²) in [5, 5.41) is 7.74. The van der Waals surface area contributed by atoms with Crippen molar-refractivity contribution in [2.24, 2.45) is 0 Å². The minimum absolute atomic E-state index is 0.0417. The summed E-state index contributed by atoms with van der Waals surface area (Å²) in [4.78, 5) is 9.74. The van der Waals surface area contributed by atoms with Crippen molar-refractivity contribution in [2.75, 3.05) is 0 Å². The van der Waals surface area contributed by atoms with Crippen molar-refractivity contribution in [2.45, 2.75) is 6.42 Å². The normalized spacial score (nSPS) is 6.67. The Morgan fingerprint density at radius 1 is 2.00 bits per heavy atom. The Kier molecular flexibility index (Phi) is 2.68. The molecule has 0 atom stereocenters. The number of halogens is 1. The van der Waals surface area contributed by atoms with Gasteiger partial charge in [0.25, 0.3) is 0 Å². The highest BCUT2D eigenvalue weighted by Crippen LogP contribution is 1.86. The van der Waals surface area contributed by atoms with Gasteiger partial charge in [-0.25, -0.2) is 0 Å². The molecule has 0 aliphatic carbocycles. The first-order valence-electron chi connectivity index (χ1n) is 1.32. The Labute approximate surface area is 43.9 Å². The average Bonchev–Trinajstić information content (AvgIpc) is 1.35. The molecule has 0 aromatic carbocycles. The molecule has 0 aliphatic rings. The Hall–Kier alpha value is -0.360. The summed E-state index contributed by atoms with van der Waals surface area (Å²) in [5.74, 6) is 0. The predicted octanol–water partition coefficient (Wildman–Crippen LogP) is 0.822. The summed E-state index contributed by atoms with van der Waals surface area (Å²) in [6.45, 7) is 0. The third-order valence-corrected chi connectivity index (χ3v) is 0.498. The molecule has 0 aliphatic heterocycles. The molecule has 0 spiro atoms. The molecule has 0 radical (unpaired) electrons. The summed E-state index contributed by atoms with van der Waals surface area (Å²) >= 11 is 2.57. The van der Waals surface area contributed by atoms with Crippen LogP contribution < -0.4 is 0 Å². The largest absolute Gasteiger partial charge is 0.286 e. The summed E-state index contributed by atoms with van der Waals surface area (Å²) in [5.41, 5.74) is 0. The molecule has 3 heteroatoms. The fourth-order valence-corrected chi connectivity index (χ4v) is 0.188. The van der Waals surface area contributed by atoms with Crippen LogP contribution >= 0.6 is 15.9 Å². The lowest BCUT2D eigenvalue weighted by Gasteiger charge is -1.66. The molecular formula is C3H2BrNO. The van der Waals surface area contributed by atoms with Crippen molar-refractivity contribution in [3.63, 3.8) is 0 Å². The molecule has 0 amide bonds. The molecular weight excluding hydrogens is 146 g/mol. The van der Waals surface area contributed by atoms with E-state index in [9.17, 15) is 4.79 Å². The Bertz CT molecular complexity index is 93.5. The van der Waals surface area contributed by atoms with Crippen LogP contribution in [0.1, 0.15) is 6.42 Å². The van der Waals surface area contributed by atoms with E-state index in [2.05, 4.69) is 15.9 Å². The van der Waals surface area contributed by atoms with Crippen LogP contribution in [0.15, 0.2) is 0 Å². The van der Waals surface area contributed by atoms with Gasteiger partial charge in [-0.2, -0.15) is 5.26 Å². The van der Waals surface area contributed by atoms with Crippen LogP contribution in [0.4, 0.5) is 0 Å². The quantitative estimate of drug-likeness (QED) is 0.516. The van der Waals surface area contributed by atoms with Crippen LogP contribution in [0, 0.1) is 11.3 Å². The summed E-state index contributed by atoms with van der Waals surface area (Å²) in [6.07, 6.45) is -0.0417. The van der Waals surface area contributed by atoms with Gasteiger partial charge in [-0.15, -0.1) is 0 Å². The van der Waals surface area contributed by atoms with E-state index in [-0.39, 0.29) is 11.1 Å². The molecule has 0 bridgehead atoms. The second kappa shape index (κ2) is 2.86. The lowest BCUT2D eigenvalue weighted by Crippen LogP contribution is -1.76. The van der Waals surface area contributed by atoms with E-state index in [0.29, 0.717) is 0 Å². The second-order valence-corrected chi connectivity index (χ2v) is 1.57. The molecule has 2 nitrogen and oxygen atoms in total. The Morgan fingerprint density at radius 2 is 2.50 bits per heavy atom. The van der Waals surface area contributed by atoms with Crippen LogP contribution in [0.2, 0.25) is 0 Å². The van der Waals surface area contributed by atoms with Gasteiger partial charge < -0.3 is 0 Å². The van der Waals surface area contributed by atoms with Gasteiger partial charge in [0.2, 0.25) is 4.69 Å². The molecule has 0 saturated heterocycles. The van der Waals surface area contributed by atoms with Crippen LogP contribution in [0.5, 0.6) is 0 Å². The first-order valence-corrected chi connectivity index (χ1v) is 2.12. The van der Waals surface area contributed by atoms with E-state index >= 15 is 0 Å². The predicted molar refractivity (Wildman–Crippen MR) is 24.2 cm³/mol. The molecule has 0 aromatic rings. The molecule has 0 saturated carbocycles. The second-order valence-electron chi connectivity index (χ2n) is 0.690. The highest BCUT2D eigenvalue weighted by atomic mass is 79.9. The fourth-order valence-electron chi connectivity index (χ4n) is 0.0622. The minimum Gasteiger partial charge on any atom is -0.286 e. The topological polar surface area (TPSA) is 40.9 Å². The van der Waals surface area contributed by atoms with E-state index in [1.54, 1.807) is 6.07 Å². The monoisotopic (exact) mass is 147 g/mol. The molecule has 0 rings (SSSR count). The third kappa shape index (κ3) is 3.64. The van der Waals surface area contributed by atoms with Crippen LogP contribution in [-0.4, -0.2) is 4.69 Å². The number of hydrogen-bond donors (Lipinski definition) is 0. The van der Waals surface area contributed by atoms with Crippen molar-refractivity contribution in [3.8, 4) is 6.07 Å². The molecule has 0 heterocycles. The van der Waals surface area contributed by atoms with E-state index in [0.717, 1.165) is 0 Å². The zero-order chi connectivity index (χ0) is 4.99. The van der Waals surface area contributed by atoms with Crippen LogP contribution in [0.25, 0.3) is 0 Å². The maximum atomic E-state index is 9.74. The van der Waals surface area contributed by atoms with Gasteiger partial charge in [-0.1, -0.05) is 0 Å². The van der Waals surface area contributed by atoms with Crippen LogP contribution in [-0.2, 0) is 4.79 Å². The van der Waals surface area contributed by atoms with Crippen molar-refractivity contribution in [1.29, 1.82) is 5.26 Å². The fraction of sp³-hybridized carbons (Fsp3) is 0.333. The zero-order valence-electron chi connectivity index (χ0n) is 2.94. The number of carbonyl (C=O) groups excluding carboxylic acids is 1. The smallest absolute Gasteiger partial charge is 0.211 e. The molecule has 0 N–H and O–H groups in total. The SMILES string of the molecule is N#CCC(=O)Br. The molecule has 0 aromatic heterocycles. The van der Waals surface area contributed by atoms with E-state index in [1.807, 2.05) is 0 Å². The first-order chi connectivity index (χ1) is 2.77. The number of hydrogen-bond acceptors (Lipinski definition) is 2. The number of rotatable bonds is 1. The standard InChI is InChI=1S/C3H2BrNO/c4-3(6)1-2-5/h1H2. The van der Waals surface area contributed by atoms with Gasteiger partial charge in [0.15, 0.2) is 0 Å². The van der Waals surface area contributed by atoms with Gasteiger partial charge in [0.05, 0.1) is 6.07 Å². The Morgan fingerprint density at radius 3 is 2.50 bits per heavy atom. The van der Waals surface area contributed by atoms with Crippen LogP contribution in [0.3, 0.4) is 0 Å². The van der Waals surface area contributed by atoms with Gasteiger partial charge in [0, 0.05) is 0 Å². The highest BCUT2D eigenvalue weighted by Gasteiger charge is 1.86. The third-order valence-electron chi connectivity index (χ3n) is 0.218. The molecule has 0 unspecified atom stereocenters. The summed E-state index contributed by atoms with van der Waals surface area (Å²) in [6, 6.07) is 1.67. The van der Waals surface area contributed by atoms with Crippen molar-refractivity contribution in [1.82, 2.24) is 0 Å². The summed E-state index contributed by atoms with van der Waals surface area (Å²) < 4.78 is -0.259. The van der Waals surface area contributed by atoms with Gasteiger partial charge >= 0.3 is 0 Å². The van der Waals surface area contributed by atoms with E-state index < -0.39 is 0 Å². The number of carbonyl (C=O) groups is 1. The summed E-state index contributed by atoms with van der Waals surface area (Å²) in [7, 11) is 0. The van der Waals surface area contributed by atoms with E-state index in [1.165, 1.54) is 0 Å². The highest BCUT2D eigenvalue weighted by molar-refractivity contribution is 9.18. The van der Waals surface area contributed by atoms with Gasteiger partial charge in [-0.3, -0.25) is 4.79 Å². The maximum Gasteiger partial charge on any atom is 0.211 e. The van der Waals surface area contributed by atoms with E-state index in [4.69, 9.17) is 5.26 Å². The number of nitriles is 1. The maximum absolute atomic E-state index is 9.74.